The third kappa shape index (κ3) is 5.28. The fraction of sp³-hybridized carbons (Fsp3) is 0.565. The summed E-state index contributed by atoms with van der Waals surface area (Å²) in [6.45, 7) is 3.96. The quantitative estimate of drug-likeness (QED) is 0.252. The molecule has 1 spiro atoms. The van der Waals surface area contributed by atoms with E-state index < -0.39 is 0 Å². The zero-order valence-electron chi connectivity index (χ0n) is 18.1. The topological polar surface area (TPSA) is 63.5 Å². The van der Waals surface area contributed by atoms with E-state index in [1.165, 1.54) is 18.4 Å². The summed E-state index contributed by atoms with van der Waals surface area (Å²) in [5.74, 6) is 2.98. The Morgan fingerprint density at radius 3 is 2.80 bits per heavy atom. The zero-order chi connectivity index (χ0) is 20.1. The fourth-order valence-electron chi connectivity index (χ4n) is 4.69. The predicted octanol–water partition coefficient (Wildman–Crippen LogP) is 4.59. The molecule has 1 atom stereocenters. The highest BCUT2D eigenvalue weighted by Crippen LogP contribution is 2.46. The first-order valence-corrected chi connectivity index (χ1v) is 10.9. The maximum Gasteiger partial charge on any atom is 0.191 e. The normalized spacial score (nSPS) is 19.7. The first-order chi connectivity index (χ1) is 14.2. The molecule has 1 unspecified atom stereocenters. The number of halogens is 1. The van der Waals surface area contributed by atoms with E-state index in [0.717, 1.165) is 62.7 Å². The van der Waals surface area contributed by atoms with Crippen LogP contribution >= 0.6 is 24.0 Å². The number of benzene rings is 1. The van der Waals surface area contributed by atoms with Gasteiger partial charge in [-0.05, 0) is 51.5 Å². The SMILES string of the molecule is CN=C(NCCCCn1ccnc1C)NC1CC2(CCCC2)Oc2ccccc21.I. The Hall–Kier alpha value is -1.77. The number of aryl methyl sites for hydroxylation is 2. The van der Waals surface area contributed by atoms with Crippen LogP contribution in [0.4, 0.5) is 0 Å². The number of aromatic nitrogens is 2. The number of nitrogens with zero attached hydrogens (tertiary/aromatic N) is 3. The molecule has 0 amide bonds. The van der Waals surface area contributed by atoms with Gasteiger partial charge in [-0.25, -0.2) is 4.98 Å². The van der Waals surface area contributed by atoms with Crippen LogP contribution < -0.4 is 15.4 Å². The third-order valence-electron chi connectivity index (χ3n) is 6.29. The Kier molecular flexibility index (Phi) is 8.02. The second-order valence-electron chi connectivity index (χ2n) is 8.31. The smallest absolute Gasteiger partial charge is 0.191 e. The highest BCUT2D eigenvalue weighted by atomic mass is 127. The van der Waals surface area contributed by atoms with Gasteiger partial charge in [-0.3, -0.25) is 4.99 Å². The zero-order valence-corrected chi connectivity index (χ0v) is 20.4. The minimum atomic E-state index is -0.00642. The van der Waals surface area contributed by atoms with Crippen LogP contribution in [0.2, 0.25) is 0 Å². The molecule has 2 N–H and O–H groups in total. The second-order valence-corrected chi connectivity index (χ2v) is 8.31. The van der Waals surface area contributed by atoms with Crippen LogP contribution in [0.1, 0.15) is 62.4 Å². The van der Waals surface area contributed by atoms with Crippen LogP contribution in [-0.4, -0.2) is 34.7 Å². The fourth-order valence-corrected chi connectivity index (χ4v) is 4.69. The lowest BCUT2D eigenvalue weighted by Gasteiger charge is -2.40. The molecule has 2 aliphatic rings. The Bertz CT molecular complexity index is 844. The van der Waals surface area contributed by atoms with E-state index in [2.05, 4.69) is 49.4 Å². The highest BCUT2D eigenvalue weighted by molar-refractivity contribution is 14.0. The third-order valence-corrected chi connectivity index (χ3v) is 6.29. The van der Waals surface area contributed by atoms with Crippen molar-refractivity contribution in [3.05, 3.63) is 48.0 Å². The van der Waals surface area contributed by atoms with Crippen LogP contribution in [0.3, 0.4) is 0 Å². The molecule has 7 heteroatoms. The van der Waals surface area contributed by atoms with E-state index in [1.807, 2.05) is 26.4 Å². The van der Waals surface area contributed by atoms with E-state index in [4.69, 9.17) is 4.74 Å². The number of hydrogen-bond donors (Lipinski definition) is 2. The molecule has 6 nitrogen and oxygen atoms in total. The summed E-state index contributed by atoms with van der Waals surface area (Å²) in [6.07, 6.45) is 11.9. The van der Waals surface area contributed by atoms with Gasteiger partial charge in [0.2, 0.25) is 0 Å². The van der Waals surface area contributed by atoms with Crippen molar-refractivity contribution in [1.29, 1.82) is 0 Å². The summed E-state index contributed by atoms with van der Waals surface area (Å²) >= 11 is 0. The van der Waals surface area contributed by atoms with Crippen LogP contribution in [0.5, 0.6) is 5.75 Å². The second kappa shape index (κ2) is 10.5. The van der Waals surface area contributed by atoms with Crippen LogP contribution in [0.15, 0.2) is 41.7 Å². The molecule has 30 heavy (non-hydrogen) atoms. The van der Waals surface area contributed by atoms with Gasteiger partial charge in [0, 0.05) is 44.5 Å². The number of hydrogen-bond acceptors (Lipinski definition) is 3. The Labute approximate surface area is 196 Å². The van der Waals surface area contributed by atoms with Gasteiger partial charge < -0.3 is 19.9 Å². The molecule has 2 heterocycles. The summed E-state index contributed by atoms with van der Waals surface area (Å²) in [5.41, 5.74) is 1.23. The Morgan fingerprint density at radius 1 is 1.27 bits per heavy atom. The van der Waals surface area contributed by atoms with Gasteiger partial charge in [-0.15, -0.1) is 24.0 Å². The van der Waals surface area contributed by atoms with E-state index in [9.17, 15) is 0 Å². The van der Waals surface area contributed by atoms with Crippen molar-refractivity contribution in [2.45, 2.75) is 70.1 Å². The number of ether oxygens (including phenoxy) is 1. The largest absolute Gasteiger partial charge is 0.487 e. The average Bonchev–Trinajstić information content (AvgIpc) is 3.35. The number of guanidine groups is 1. The highest BCUT2D eigenvalue weighted by Gasteiger charge is 2.43. The van der Waals surface area contributed by atoms with E-state index in [1.54, 1.807) is 0 Å². The Morgan fingerprint density at radius 2 is 2.07 bits per heavy atom. The number of para-hydroxylation sites is 1. The number of fused-ring (bicyclic) bond motifs is 1. The molecule has 4 rings (SSSR count). The number of rotatable bonds is 6. The lowest BCUT2D eigenvalue weighted by Crippen LogP contribution is -2.46. The van der Waals surface area contributed by atoms with Crippen molar-refractivity contribution in [1.82, 2.24) is 20.2 Å². The van der Waals surface area contributed by atoms with Gasteiger partial charge in [0.15, 0.2) is 5.96 Å². The molecule has 0 bridgehead atoms. The van der Waals surface area contributed by atoms with E-state index >= 15 is 0 Å². The number of nitrogens with one attached hydrogen (secondary N) is 2. The summed E-state index contributed by atoms with van der Waals surface area (Å²) in [5, 5.41) is 7.16. The number of unbranched alkanes of at least 4 members (excludes halogenated alkanes) is 1. The maximum absolute atomic E-state index is 6.48. The molecule has 1 aromatic heterocycles. The number of imidazole rings is 1. The lowest BCUT2D eigenvalue weighted by molar-refractivity contribution is 0.0396. The summed E-state index contributed by atoms with van der Waals surface area (Å²) in [4.78, 5) is 8.75. The standard InChI is InChI=1S/C23H33N5O.HI/c1-18-25-14-16-28(18)15-8-7-13-26-22(24-2)27-20-17-23(11-5-6-12-23)29-21-10-4-3-9-19(20)21;/h3-4,9-10,14,16,20H,5-8,11-13,15,17H2,1-2H3,(H2,24,26,27);1H. The molecule has 1 aliphatic heterocycles. The molecule has 0 saturated heterocycles. The molecular formula is C23H34IN5O. The van der Waals surface area contributed by atoms with Crippen molar-refractivity contribution in [3.63, 3.8) is 0 Å². The summed E-state index contributed by atoms with van der Waals surface area (Å²) < 4.78 is 8.68. The van der Waals surface area contributed by atoms with Crippen molar-refractivity contribution in [2.75, 3.05) is 13.6 Å². The van der Waals surface area contributed by atoms with Crippen molar-refractivity contribution in [3.8, 4) is 5.75 Å². The minimum Gasteiger partial charge on any atom is -0.487 e. The van der Waals surface area contributed by atoms with E-state index in [-0.39, 0.29) is 35.6 Å². The maximum atomic E-state index is 6.48. The van der Waals surface area contributed by atoms with Gasteiger partial charge >= 0.3 is 0 Å². The van der Waals surface area contributed by atoms with Crippen molar-refractivity contribution < 1.29 is 4.74 Å². The molecule has 1 saturated carbocycles. The van der Waals surface area contributed by atoms with Crippen molar-refractivity contribution in [2.24, 2.45) is 4.99 Å². The summed E-state index contributed by atoms with van der Waals surface area (Å²) in [7, 11) is 1.85. The van der Waals surface area contributed by atoms with Gasteiger partial charge in [-0.1, -0.05) is 18.2 Å². The monoisotopic (exact) mass is 523 g/mol. The van der Waals surface area contributed by atoms with Crippen molar-refractivity contribution >= 4 is 29.9 Å². The summed E-state index contributed by atoms with van der Waals surface area (Å²) in [6, 6.07) is 8.68. The molecule has 2 aromatic rings. The Balaban J connectivity index is 0.00000256. The van der Waals surface area contributed by atoms with Gasteiger partial charge in [-0.2, -0.15) is 0 Å². The van der Waals surface area contributed by atoms with Crippen LogP contribution in [0.25, 0.3) is 0 Å². The average molecular weight is 523 g/mol. The molecule has 164 valence electrons. The first-order valence-electron chi connectivity index (χ1n) is 10.9. The van der Waals surface area contributed by atoms with Gasteiger partial charge in [0.25, 0.3) is 0 Å². The molecular weight excluding hydrogens is 489 g/mol. The van der Waals surface area contributed by atoms with E-state index in [0.29, 0.717) is 0 Å². The lowest BCUT2D eigenvalue weighted by atomic mass is 9.86. The van der Waals surface area contributed by atoms with Gasteiger partial charge in [0.1, 0.15) is 17.2 Å². The molecule has 1 fully saturated rings. The van der Waals surface area contributed by atoms with Crippen LogP contribution in [-0.2, 0) is 6.54 Å². The minimum absolute atomic E-state index is 0. The van der Waals surface area contributed by atoms with Gasteiger partial charge in [0.05, 0.1) is 6.04 Å². The molecule has 1 aliphatic carbocycles. The molecule has 0 radical (unpaired) electrons. The van der Waals surface area contributed by atoms with Crippen LogP contribution in [0, 0.1) is 6.92 Å². The number of aliphatic imine (C=N–C) groups is 1. The first kappa shape index (κ1) is 22.9. The molecule has 1 aromatic carbocycles. The predicted molar refractivity (Wildman–Crippen MR) is 132 cm³/mol.